The quantitative estimate of drug-likeness (QED) is 0.793. The summed E-state index contributed by atoms with van der Waals surface area (Å²) < 4.78 is 7.36. The van der Waals surface area contributed by atoms with E-state index in [2.05, 4.69) is 15.4 Å². The molecule has 23 heavy (non-hydrogen) atoms. The SMILES string of the molecule is Cn1cnnc1C1CCCN1C(=O)c1noc2c1CCCCC2. The van der Waals surface area contributed by atoms with Crippen LogP contribution in [0.1, 0.15) is 65.8 Å². The third kappa shape index (κ3) is 2.44. The van der Waals surface area contributed by atoms with Gasteiger partial charge in [-0.3, -0.25) is 4.79 Å². The lowest BCUT2D eigenvalue weighted by molar-refractivity contribution is 0.0716. The molecule has 1 fully saturated rings. The zero-order chi connectivity index (χ0) is 15.8. The lowest BCUT2D eigenvalue weighted by Gasteiger charge is -2.23. The van der Waals surface area contributed by atoms with Crippen molar-refractivity contribution < 1.29 is 9.32 Å². The Labute approximate surface area is 134 Å². The van der Waals surface area contributed by atoms with Crippen molar-refractivity contribution in [1.29, 1.82) is 0 Å². The van der Waals surface area contributed by atoms with E-state index < -0.39 is 0 Å². The number of nitrogens with zero attached hydrogens (tertiary/aromatic N) is 5. The van der Waals surface area contributed by atoms with Gasteiger partial charge >= 0.3 is 0 Å². The van der Waals surface area contributed by atoms with Crippen LogP contribution in [0.15, 0.2) is 10.9 Å². The highest BCUT2D eigenvalue weighted by atomic mass is 16.5. The summed E-state index contributed by atoms with van der Waals surface area (Å²) in [5, 5.41) is 12.2. The van der Waals surface area contributed by atoms with Gasteiger partial charge in [-0.2, -0.15) is 0 Å². The standard InChI is InChI=1S/C16H21N5O2/c1-20-10-17-18-15(20)12-7-5-9-21(12)16(22)14-11-6-3-2-4-8-13(11)23-19-14/h10,12H,2-9H2,1H3. The van der Waals surface area contributed by atoms with Crippen molar-refractivity contribution in [3.63, 3.8) is 0 Å². The Kier molecular flexibility index (Phi) is 3.63. The average molecular weight is 315 g/mol. The largest absolute Gasteiger partial charge is 0.360 e. The van der Waals surface area contributed by atoms with Gasteiger partial charge in [0.2, 0.25) is 0 Å². The number of hydrogen-bond donors (Lipinski definition) is 0. The minimum absolute atomic E-state index is 0.0203. The van der Waals surface area contributed by atoms with Gasteiger partial charge in [0.1, 0.15) is 12.1 Å². The first kappa shape index (κ1) is 14.4. The third-order valence-electron chi connectivity index (χ3n) is 4.96. The zero-order valence-corrected chi connectivity index (χ0v) is 13.4. The molecule has 1 saturated heterocycles. The number of likely N-dealkylation sites (tertiary alicyclic amines) is 1. The van der Waals surface area contributed by atoms with Crippen LogP contribution in [0.5, 0.6) is 0 Å². The Morgan fingerprint density at radius 1 is 1.26 bits per heavy atom. The second kappa shape index (κ2) is 5.79. The van der Waals surface area contributed by atoms with Crippen molar-refractivity contribution in [2.45, 2.75) is 51.0 Å². The summed E-state index contributed by atoms with van der Waals surface area (Å²) in [5.74, 6) is 1.72. The van der Waals surface area contributed by atoms with Crippen LogP contribution in [-0.4, -0.2) is 37.3 Å². The Bertz CT molecular complexity index is 720. The molecule has 1 aliphatic heterocycles. The van der Waals surface area contributed by atoms with Crippen LogP contribution in [0.4, 0.5) is 0 Å². The van der Waals surface area contributed by atoms with Crippen LogP contribution < -0.4 is 0 Å². The van der Waals surface area contributed by atoms with Gasteiger partial charge in [0, 0.05) is 25.6 Å². The van der Waals surface area contributed by atoms with E-state index in [4.69, 9.17) is 4.52 Å². The van der Waals surface area contributed by atoms with Gasteiger partial charge < -0.3 is 14.0 Å². The van der Waals surface area contributed by atoms with Crippen molar-refractivity contribution >= 4 is 5.91 Å². The van der Waals surface area contributed by atoms with Gasteiger partial charge in [0.05, 0.1) is 6.04 Å². The van der Waals surface area contributed by atoms with Crippen LogP contribution in [0.3, 0.4) is 0 Å². The second-order valence-corrected chi connectivity index (χ2v) is 6.45. The van der Waals surface area contributed by atoms with Crippen molar-refractivity contribution in [2.75, 3.05) is 6.54 Å². The molecule has 1 atom stereocenters. The summed E-state index contributed by atoms with van der Waals surface area (Å²) in [6.07, 6.45) is 8.75. The van der Waals surface area contributed by atoms with Gasteiger partial charge in [-0.25, -0.2) is 0 Å². The van der Waals surface area contributed by atoms with E-state index in [-0.39, 0.29) is 11.9 Å². The zero-order valence-electron chi connectivity index (χ0n) is 13.4. The summed E-state index contributed by atoms with van der Waals surface area (Å²) in [6.45, 7) is 0.734. The van der Waals surface area contributed by atoms with E-state index in [9.17, 15) is 4.79 Å². The fraction of sp³-hybridized carbons (Fsp3) is 0.625. The van der Waals surface area contributed by atoms with E-state index in [0.29, 0.717) is 5.69 Å². The van der Waals surface area contributed by atoms with Crippen molar-refractivity contribution in [3.8, 4) is 0 Å². The van der Waals surface area contributed by atoms with Crippen molar-refractivity contribution in [2.24, 2.45) is 7.05 Å². The first-order valence-corrected chi connectivity index (χ1v) is 8.38. The fourth-order valence-corrected chi connectivity index (χ4v) is 3.74. The number of fused-ring (bicyclic) bond motifs is 1. The minimum Gasteiger partial charge on any atom is -0.360 e. The van der Waals surface area contributed by atoms with Gasteiger partial charge in [0.25, 0.3) is 5.91 Å². The van der Waals surface area contributed by atoms with Crippen LogP contribution in [0, 0.1) is 0 Å². The maximum atomic E-state index is 13.1. The average Bonchev–Trinajstić information content (AvgIpc) is 3.24. The molecule has 0 saturated carbocycles. The molecule has 0 N–H and O–H groups in total. The smallest absolute Gasteiger partial charge is 0.276 e. The van der Waals surface area contributed by atoms with Crippen LogP contribution in [0.25, 0.3) is 0 Å². The maximum absolute atomic E-state index is 13.1. The maximum Gasteiger partial charge on any atom is 0.276 e. The highest BCUT2D eigenvalue weighted by Gasteiger charge is 2.36. The monoisotopic (exact) mass is 315 g/mol. The first-order valence-electron chi connectivity index (χ1n) is 8.38. The minimum atomic E-state index is -0.0256. The van der Waals surface area contributed by atoms with Crippen molar-refractivity contribution in [3.05, 3.63) is 29.2 Å². The number of amides is 1. The van der Waals surface area contributed by atoms with E-state index >= 15 is 0 Å². The summed E-state index contributed by atoms with van der Waals surface area (Å²) in [4.78, 5) is 14.9. The molecule has 1 unspecified atom stereocenters. The first-order chi connectivity index (χ1) is 11.3. The van der Waals surface area contributed by atoms with Crippen LogP contribution in [-0.2, 0) is 19.9 Å². The number of aryl methyl sites for hydroxylation is 2. The number of carbonyl (C=O) groups excluding carboxylic acids is 1. The van der Waals surface area contributed by atoms with Gasteiger partial charge in [0.15, 0.2) is 11.5 Å². The third-order valence-corrected chi connectivity index (χ3v) is 4.96. The molecule has 2 aromatic heterocycles. The summed E-state index contributed by atoms with van der Waals surface area (Å²) in [7, 11) is 1.92. The molecule has 0 bridgehead atoms. The molecule has 4 rings (SSSR count). The van der Waals surface area contributed by atoms with Gasteiger partial charge in [-0.1, -0.05) is 11.6 Å². The van der Waals surface area contributed by atoms with E-state index in [1.807, 2.05) is 16.5 Å². The molecule has 122 valence electrons. The summed E-state index contributed by atoms with van der Waals surface area (Å²) >= 11 is 0. The molecule has 0 radical (unpaired) electrons. The number of aromatic nitrogens is 4. The molecule has 3 heterocycles. The Hall–Kier alpha value is -2.18. The molecule has 0 spiro atoms. The van der Waals surface area contributed by atoms with E-state index in [0.717, 1.165) is 62.2 Å². The Morgan fingerprint density at radius 3 is 2.96 bits per heavy atom. The second-order valence-electron chi connectivity index (χ2n) is 6.45. The highest BCUT2D eigenvalue weighted by Crippen LogP contribution is 2.33. The Morgan fingerprint density at radius 2 is 2.13 bits per heavy atom. The lowest BCUT2D eigenvalue weighted by Crippen LogP contribution is -2.32. The predicted molar refractivity (Wildman–Crippen MR) is 81.8 cm³/mol. The highest BCUT2D eigenvalue weighted by molar-refractivity contribution is 5.94. The molecule has 1 aliphatic carbocycles. The molecule has 7 nitrogen and oxygen atoms in total. The van der Waals surface area contributed by atoms with E-state index in [1.165, 1.54) is 6.42 Å². The molecular formula is C16H21N5O2. The van der Waals surface area contributed by atoms with Crippen molar-refractivity contribution in [1.82, 2.24) is 24.8 Å². The van der Waals surface area contributed by atoms with Crippen LogP contribution >= 0.6 is 0 Å². The number of hydrogen-bond acceptors (Lipinski definition) is 5. The topological polar surface area (TPSA) is 77.1 Å². The molecule has 2 aliphatic rings. The summed E-state index contributed by atoms with van der Waals surface area (Å²) in [6, 6.07) is -0.0203. The van der Waals surface area contributed by atoms with Crippen LogP contribution in [0.2, 0.25) is 0 Å². The van der Waals surface area contributed by atoms with E-state index in [1.54, 1.807) is 6.33 Å². The molecule has 0 aromatic carbocycles. The number of carbonyl (C=O) groups is 1. The van der Waals surface area contributed by atoms with Gasteiger partial charge in [-0.15, -0.1) is 10.2 Å². The number of rotatable bonds is 2. The molecule has 1 amide bonds. The van der Waals surface area contributed by atoms with Gasteiger partial charge in [-0.05, 0) is 32.1 Å². The summed E-state index contributed by atoms with van der Waals surface area (Å²) in [5.41, 5.74) is 1.53. The fourth-order valence-electron chi connectivity index (χ4n) is 3.74. The molecular weight excluding hydrogens is 294 g/mol. The molecule has 2 aromatic rings. The Balaban J connectivity index is 1.64. The lowest BCUT2D eigenvalue weighted by atomic mass is 10.1. The predicted octanol–water partition coefficient (Wildman–Crippen LogP) is 2.05. The normalized spacial score (nSPS) is 21.3. The molecule has 7 heteroatoms.